The van der Waals surface area contributed by atoms with Crippen LogP contribution < -0.4 is 10.9 Å². The van der Waals surface area contributed by atoms with Crippen molar-refractivity contribution in [3.8, 4) is 0 Å². The van der Waals surface area contributed by atoms with Crippen LogP contribution >= 0.6 is 0 Å². The third-order valence-electron chi connectivity index (χ3n) is 6.54. The molecule has 1 amide bonds. The standard InChI is InChI=1S/C28H24F4N2O5/c29-19-4-1-5-20(30)16(19)10-15-11-17(25(36)12-26(37)27(38)33-23-8-3-9-24(23)35)28(39)34(13-15)14-18-21(31)6-2-7-22(18)32/h1-2,4-7,11-13,23-24,35-36H,3,8-10,14H2,(H,33,38)/t23-,24-/m1/s1. The zero-order valence-electron chi connectivity index (χ0n) is 20.5. The molecule has 39 heavy (non-hydrogen) atoms. The van der Waals surface area contributed by atoms with Crippen molar-refractivity contribution in [1.82, 2.24) is 9.88 Å². The van der Waals surface area contributed by atoms with Crippen LogP contribution in [-0.4, -0.2) is 38.6 Å². The van der Waals surface area contributed by atoms with Gasteiger partial charge in [-0.25, -0.2) is 17.6 Å². The fraction of sp³-hybridized carbons (Fsp3) is 0.250. The number of carbonyl (C=O) groups is 2. The molecule has 1 aliphatic carbocycles. The Morgan fingerprint density at radius 2 is 1.56 bits per heavy atom. The predicted octanol–water partition coefficient (Wildman–Crippen LogP) is 3.54. The number of hydrogen-bond donors (Lipinski definition) is 3. The van der Waals surface area contributed by atoms with Gasteiger partial charge in [0.1, 0.15) is 29.0 Å². The molecular weight excluding hydrogens is 520 g/mol. The molecule has 1 fully saturated rings. The number of benzene rings is 2. The first-order valence-corrected chi connectivity index (χ1v) is 12.1. The van der Waals surface area contributed by atoms with Crippen molar-refractivity contribution >= 4 is 17.4 Å². The van der Waals surface area contributed by atoms with Crippen LogP contribution in [0.25, 0.3) is 5.76 Å². The lowest BCUT2D eigenvalue weighted by Crippen LogP contribution is -2.42. The van der Waals surface area contributed by atoms with Gasteiger partial charge in [-0.2, -0.15) is 0 Å². The van der Waals surface area contributed by atoms with Crippen LogP contribution in [0.4, 0.5) is 17.6 Å². The highest BCUT2D eigenvalue weighted by Crippen LogP contribution is 2.21. The maximum absolute atomic E-state index is 14.3. The second-order valence-corrected chi connectivity index (χ2v) is 9.24. The molecule has 1 saturated carbocycles. The molecule has 3 N–H and O–H groups in total. The van der Waals surface area contributed by atoms with E-state index in [1.807, 2.05) is 0 Å². The minimum absolute atomic E-state index is 0.0660. The molecule has 0 unspecified atom stereocenters. The highest BCUT2D eigenvalue weighted by molar-refractivity contribution is 6.41. The Morgan fingerprint density at radius 3 is 2.13 bits per heavy atom. The largest absolute Gasteiger partial charge is 0.507 e. The van der Waals surface area contributed by atoms with E-state index in [1.54, 1.807) is 0 Å². The van der Waals surface area contributed by atoms with Crippen LogP contribution in [0.3, 0.4) is 0 Å². The molecule has 2 atom stereocenters. The maximum atomic E-state index is 14.3. The van der Waals surface area contributed by atoms with Gasteiger partial charge in [-0.05, 0) is 55.2 Å². The average Bonchev–Trinajstić information content (AvgIpc) is 3.29. The Bertz CT molecular complexity index is 1480. The number of pyridine rings is 1. The van der Waals surface area contributed by atoms with Crippen LogP contribution in [0.2, 0.25) is 0 Å². The summed E-state index contributed by atoms with van der Waals surface area (Å²) in [6, 6.07) is 6.76. The van der Waals surface area contributed by atoms with Gasteiger partial charge in [0.05, 0.1) is 24.3 Å². The molecule has 204 valence electrons. The first-order valence-electron chi connectivity index (χ1n) is 12.1. The van der Waals surface area contributed by atoms with E-state index in [1.165, 1.54) is 0 Å². The summed E-state index contributed by atoms with van der Waals surface area (Å²) in [5, 5.41) is 22.9. The number of nitrogens with one attached hydrogen (secondary N) is 1. The summed E-state index contributed by atoms with van der Waals surface area (Å²) in [6.45, 7) is -0.640. The van der Waals surface area contributed by atoms with Crippen molar-refractivity contribution in [2.24, 2.45) is 0 Å². The summed E-state index contributed by atoms with van der Waals surface area (Å²) < 4.78 is 58.1. The highest BCUT2D eigenvalue weighted by Gasteiger charge is 2.28. The summed E-state index contributed by atoms with van der Waals surface area (Å²) in [6.07, 6.45) is 1.97. The molecular formula is C28H24F4N2O5. The number of nitrogens with zero attached hydrogens (tertiary/aromatic N) is 1. The number of aliphatic hydroxyl groups is 2. The molecule has 2 aromatic carbocycles. The number of hydrogen-bond acceptors (Lipinski definition) is 5. The molecule has 7 nitrogen and oxygen atoms in total. The lowest BCUT2D eigenvalue weighted by Gasteiger charge is -2.15. The fourth-order valence-electron chi connectivity index (χ4n) is 4.47. The molecule has 0 bridgehead atoms. The van der Waals surface area contributed by atoms with E-state index >= 15 is 0 Å². The first-order chi connectivity index (χ1) is 18.5. The Hall–Kier alpha value is -4.25. The van der Waals surface area contributed by atoms with Crippen molar-refractivity contribution in [2.75, 3.05) is 0 Å². The molecule has 1 heterocycles. The molecule has 1 aromatic heterocycles. The Kier molecular flexibility index (Phi) is 8.29. The quantitative estimate of drug-likeness (QED) is 0.174. The topological polar surface area (TPSA) is 109 Å². The van der Waals surface area contributed by atoms with Crippen molar-refractivity contribution in [3.05, 3.63) is 111 Å². The van der Waals surface area contributed by atoms with E-state index in [-0.39, 0.29) is 11.1 Å². The highest BCUT2D eigenvalue weighted by atomic mass is 19.1. The van der Waals surface area contributed by atoms with Gasteiger partial charge in [0.2, 0.25) is 5.78 Å². The first kappa shape index (κ1) is 27.8. The van der Waals surface area contributed by atoms with Gasteiger partial charge in [-0.15, -0.1) is 0 Å². The number of amides is 1. The second kappa shape index (κ2) is 11.6. The molecule has 4 rings (SSSR count). The monoisotopic (exact) mass is 544 g/mol. The number of halogens is 4. The Balaban J connectivity index is 1.73. The minimum atomic E-state index is -1.22. The van der Waals surface area contributed by atoms with Crippen molar-refractivity contribution in [2.45, 2.75) is 44.4 Å². The van der Waals surface area contributed by atoms with E-state index < -0.39 is 82.5 Å². The summed E-state index contributed by atoms with van der Waals surface area (Å²) in [7, 11) is 0. The van der Waals surface area contributed by atoms with Crippen molar-refractivity contribution < 1.29 is 37.4 Å². The van der Waals surface area contributed by atoms with Gasteiger partial charge >= 0.3 is 0 Å². The lowest BCUT2D eigenvalue weighted by molar-refractivity contribution is -0.136. The van der Waals surface area contributed by atoms with Gasteiger partial charge in [0.25, 0.3) is 11.5 Å². The summed E-state index contributed by atoms with van der Waals surface area (Å²) >= 11 is 0. The minimum Gasteiger partial charge on any atom is -0.507 e. The van der Waals surface area contributed by atoms with Gasteiger partial charge in [-0.1, -0.05) is 12.1 Å². The molecule has 0 radical (unpaired) electrons. The molecule has 11 heteroatoms. The van der Waals surface area contributed by atoms with Gasteiger partial charge in [0.15, 0.2) is 0 Å². The van der Waals surface area contributed by atoms with E-state index in [0.717, 1.165) is 53.2 Å². The third-order valence-corrected chi connectivity index (χ3v) is 6.54. The van der Waals surface area contributed by atoms with Crippen LogP contribution in [0.5, 0.6) is 0 Å². The van der Waals surface area contributed by atoms with E-state index in [9.17, 15) is 42.2 Å². The SMILES string of the molecule is O=C(C=C(O)c1cc(Cc2c(F)cccc2F)cn(Cc2c(F)cccc2F)c1=O)C(=O)N[C@@H]1CCC[C@H]1O. The summed E-state index contributed by atoms with van der Waals surface area (Å²) in [5.74, 6) is -6.94. The molecule has 1 aliphatic rings. The second-order valence-electron chi connectivity index (χ2n) is 9.24. The van der Waals surface area contributed by atoms with Gasteiger partial charge in [0, 0.05) is 29.8 Å². The smallest absolute Gasteiger partial charge is 0.292 e. The van der Waals surface area contributed by atoms with Crippen molar-refractivity contribution in [3.63, 3.8) is 0 Å². The zero-order chi connectivity index (χ0) is 28.3. The van der Waals surface area contributed by atoms with Crippen LogP contribution in [-0.2, 0) is 22.6 Å². The molecule has 0 spiro atoms. The number of aliphatic hydroxyl groups excluding tert-OH is 2. The molecule has 0 aliphatic heterocycles. The number of ketones is 1. The van der Waals surface area contributed by atoms with Crippen molar-refractivity contribution in [1.29, 1.82) is 0 Å². The summed E-state index contributed by atoms with van der Waals surface area (Å²) in [4.78, 5) is 37.9. The van der Waals surface area contributed by atoms with E-state index in [2.05, 4.69) is 5.32 Å². The molecule has 0 saturated heterocycles. The predicted molar refractivity (Wildman–Crippen MR) is 133 cm³/mol. The Labute approximate surface area is 220 Å². The molecule has 3 aromatic rings. The zero-order valence-corrected chi connectivity index (χ0v) is 20.5. The third kappa shape index (κ3) is 6.26. The van der Waals surface area contributed by atoms with Crippen LogP contribution in [0.15, 0.2) is 59.5 Å². The van der Waals surface area contributed by atoms with Crippen LogP contribution in [0, 0.1) is 23.3 Å². The van der Waals surface area contributed by atoms with E-state index in [0.29, 0.717) is 25.3 Å². The lowest BCUT2D eigenvalue weighted by atomic mass is 10.0. The average molecular weight is 545 g/mol. The van der Waals surface area contributed by atoms with E-state index in [4.69, 9.17) is 0 Å². The fourth-order valence-corrected chi connectivity index (χ4v) is 4.47. The Morgan fingerprint density at radius 1 is 0.974 bits per heavy atom. The number of aromatic nitrogens is 1. The normalized spacial score (nSPS) is 17.3. The summed E-state index contributed by atoms with van der Waals surface area (Å²) in [5.41, 5.74) is -2.29. The number of carbonyl (C=O) groups excluding carboxylic acids is 2. The van der Waals surface area contributed by atoms with Gasteiger partial charge < -0.3 is 20.1 Å². The van der Waals surface area contributed by atoms with Gasteiger partial charge in [-0.3, -0.25) is 14.4 Å². The maximum Gasteiger partial charge on any atom is 0.292 e. The van der Waals surface area contributed by atoms with Crippen LogP contribution in [0.1, 0.15) is 41.5 Å². The number of rotatable bonds is 8.